The number of carboxylic acid groups (broad SMARTS) is 1. The highest BCUT2D eigenvalue weighted by Gasteiger charge is 2.46. The Morgan fingerprint density at radius 3 is 2.03 bits per heavy atom. The molecule has 1 unspecified atom stereocenters. The molecule has 0 fully saturated rings. The maximum absolute atomic E-state index is 12.7. The van der Waals surface area contributed by atoms with E-state index in [1.165, 1.54) is 0 Å². The highest BCUT2D eigenvalue weighted by atomic mass is 16.6. The number of carboxylic acids is 1. The van der Waals surface area contributed by atoms with Crippen LogP contribution in [0.4, 0.5) is 0 Å². The van der Waals surface area contributed by atoms with E-state index >= 15 is 0 Å². The number of carbonyl (C=O) groups excluding carboxylic acids is 2. The lowest BCUT2D eigenvalue weighted by Gasteiger charge is -2.23. The molecule has 0 amide bonds. The Kier molecular flexibility index (Phi) is 6.67. The van der Waals surface area contributed by atoms with E-state index in [4.69, 9.17) is 9.47 Å². The first-order valence-electron chi connectivity index (χ1n) is 9.92. The summed E-state index contributed by atoms with van der Waals surface area (Å²) in [5.74, 6) is -6.02. The minimum absolute atomic E-state index is 0.0336. The topological polar surface area (TPSA) is 89.9 Å². The monoisotopic (exact) mass is 408 g/mol. The fourth-order valence-corrected chi connectivity index (χ4v) is 3.92. The number of esters is 2. The Balaban J connectivity index is 2.20. The Morgan fingerprint density at radius 2 is 1.47 bits per heavy atom. The first-order chi connectivity index (χ1) is 14.5. The van der Waals surface area contributed by atoms with Crippen LogP contribution in [0.2, 0.25) is 0 Å². The highest BCUT2D eigenvalue weighted by Crippen LogP contribution is 2.43. The molecule has 0 aromatic heterocycles. The molecule has 0 heterocycles. The van der Waals surface area contributed by atoms with Crippen molar-refractivity contribution in [1.29, 1.82) is 0 Å². The van der Waals surface area contributed by atoms with Crippen molar-refractivity contribution < 1.29 is 29.0 Å². The van der Waals surface area contributed by atoms with Gasteiger partial charge in [0.15, 0.2) is 5.92 Å². The molecular weight excluding hydrogens is 384 g/mol. The average Bonchev–Trinajstić information content (AvgIpc) is 3.11. The van der Waals surface area contributed by atoms with Gasteiger partial charge in [0, 0.05) is 0 Å². The Hall–Kier alpha value is -3.41. The second kappa shape index (κ2) is 9.39. The summed E-state index contributed by atoms with van der Waals surface area (Å²) < 4.78 is 10.1. The number of aliphatic carboxylic acids is 1. The number of hydrogen-bond donors (Lipinski definition) is 1. The predicted octanol–water partition coefficient (Wildman–Crippen LogP) is 3.49. The van der Waals surface area contributed by atoms with Gasteiger partial charge in [0.2, 0.25) is 0 Å². The van der Waals surface area contributed by atoms with E-state index in [0.29, 0.717) is 12.0 Å². The van der Waals surface area contributed by atoms with Crippen LogP contribution in [-0.4, -0.2) is 36.2 Å². The number of hydrogen-bond acceptors (Lipinski definition) is 5. The van der Waals surface area contributed by atoms with Crippen LogP contribution in [0.1, 0.15) is 30.5 Å². The number of carbonyl (C=O) groups is 3. The van der Waals surface area contributed by atoms with Crippen molar-refractivity contribution in [3.8, 4) is 0 Å². The van der Waals surface area contributed by atoms with Crippen molar-refractivity contribution in [3.05, 3.63) is 76.9 Å². The quantitative estimate of drug-likeness (QED) is 0.531. The lowest BCUT2D eigenvalue weighted by Crippen LogP contribution is -2.39. The molecule has 0 radical (unpaired) electrons. The molecule has 1 aliphatic carbocycles. The summed E-state index contributed by atoms with van der Waals surface area (Å²) in [6.45, 7) is 3.28. The lowest BCUT2D eigenvalue weighted by molar-refractivity contribution is -0.168. The van der Waals surface area contributed by atoms with Gasteiger partial charge in [-0.25, -0.2) is 0 Å². The molecule has 3 rings (SSSR count). The van der Waals surface area contributed by atoms with Gasteiger partial charge in [-0.15, -0.1) is 0 Å². The van der Waals surface area contributed by atoms with Gasteiger partial charge in [-0.05, 0) is 48.1 Å². The molecule has 0 saturated heterocycles. The summed E-state index contributed by atoms with van der Waals surface area (Å²) in [6.07, 6.45) is 0.326. The Morgan fingerprint density at radius 1 is 0.900 bits per heavy atom. The van der Waals surface area contributed by atoms with Crippen molar-refractivity contribution in [3.63, 3.8) is 0 Å². The van der Waals surface area contributed by atoms with Gasteiger partial charge in [0.1, 0.15) is 5.92 Å². The van der Waals surface area contributed by atoms with Crippen LogP contribution in [0.25, 0.3) is 5.57 Å². The number of rotatable bonds is 8. The van der Waals surface area contributed by atoms with Crippen molar-refractivity contribution >= 4 is 23.5 Å². The van der Waals surface area contributed by atoms with Gasteiger partial charge >= 0.3 is 17.9 Å². The molecule has 1 aliphatic rings. The summed E-state index contributed by atoms with van der Waals surface area (Å²) >= 11 is 0. The molecule has 1 N–H and O–H groups in total. The second-order valence-electron chi connectivity index (χ2n) is 6.90. The summed E-state index contributed by atoms with van der Waals surface area (Å²) in [7, 11) is 0. The minimum Gasteiger partial charge on any atom is -0.481 e. The third kappa shape index (κ3) is 4.13. The summed E-state index contributed by atoms with van der Waals surface area (Å²) in [5.41, 5.74) is 3.91. The number of ether oxygens (including phenoxy) is 2. The van der Waals surface area contributed by atoms with Crippen molar-refractivity contribution in [2.24, 2.45) is 11.8 Å². The van der Waals surface area contributed by atoms with Crippen LogP contribution >= 0.6 is 0 Å². The Bertz CT molecular complexity index is 958. The first kappa shape index (κ1) is 21.3. The molecule has 2 aromatic carbocycles. The van der Waals surface area contributed by atoms with Gasteiger partial charge in [0.25, 0.3) is 0 Å². The first-order valence-corrected chi connectivity index (χ1v) is 9.92. The fourth-order valence-electron chi connectivity index (χ4n) is 3.92. The van der Waals surface area contributed by atoms with Gasteiger partial charge in [0.05, 0.1) is 13.2 Å². The zero-order valence-corrected chi connectivity index (χ0v) is 17.0. The van der Waals surface area contributed by atoms with Crippen molar-refractivity contribution in [1.82, 2.24) is 0 Å². The van der Waals surface area contributed by atoms with E-state index in [1.54, 1.807) is 13.8 Å². The maximum Gasteiger partial charge on any atom is 0.321 e. The summed E-state index contributed by atoms with van der Waals surface area (Å²) in [6, 6.07) is 17.0. The van der Waals surface area contributed by atoms with Crippen LogP contribution in [-0.2, 0) is 30.3 Å². The van der Waals surface area contributed by atoms with E-state index in [9.17, 15) is 19.5 Å². The third-order valence-corrected chi connectivity index (χ3v) is 5.11. The molecule has 30 heavy (non-hydrogen) atoms. The molecular formula is C24H24O6. The van der Waals surface area contributed by atoms with Gasteiger partial charge in [-0.2, -0.15) is 0 Å². The summed E-state index contributed by atoms with van der Waals surface area (Å²) in [4.78, 5) is 37.8. The minimum atomic E-state index is -1.58. The molecule has 0 saturated carbocycles. The second-order valence-corrected chi connectivity index (χ2v) is 6.90. The molecule has 0 spiro atoms. The van der Waals surface area contributed by atoms with Crippen molar-refractivity contribution in [2.75, 3.05) is 13.2 Å². The molecule has 6 heteroatoms. The zero-order chi connectivity index (χ0) is 21.7. The molecule has 2 aromatic rings. The van der Waals surface area contributed by atoms with Crippen LogP contribution in [0.15, 0.2) is 60.2 Å². The van der Waals surface area contributed by atoms with Gasteiger partial charge in [-0.3, -0.25) is 14.4 Å². The van der Waals surface area contributed by atoms with E-state index in [1.807, 2.05) is 54.6 Å². The zero-order valence-electron chi connectivity index (χ0n) is 17.0. The van der Waals surface area contributed by atoms with Crippen LogP contribution in [0.5, 0.6) is 0 Å². The molecule has 6 nitrogen and oxygen atoms in total. The number of fused-ring (bicyclic) bond motifs is 1. The largest absolute Gasteiger partial charge is 0.481 e. The van der Waals surface area contributed by atoms with E-state index < -0.39 is 29.7 Å². The van der Waals surface area contributed by atoms with E-state index in [0.717, 1.165) is 22.3 Å². The van der Waals surface area contributed by atoms with E-state index in [-0.39, 0.29) is 13.2 Å². The molecule has 1 atom stereocenters. The van der Waals surface area contributed by atoms with Crippen molar-refractivity contribution in [2.45, 2.75) is 20.3 Å². The smallest absolute Gasteiger partial charge is 0.321 e. The fraction of sp³-hybridized carbons (Fsp3) is 0.292. The highest BCUT2D eigenvalue weighted by molar-refractivity contribution is 6.02. The molecule has 0 bridgehead atoms. The van der Waals surface area contributed by atoms with Gasteiger partial charge in [-0.1, -0.05) is 54.6 Å². The Labute approximate surface area is 175 Å². The maximum atomic E-state index is 12.7. The van der Waals surface area contributed by atoms with Gasteiger partial charge < -0.3 is 14.6 Å². The average molecular weight is 408 g/mol. The standard InChI is InChI=1S/C24H24O6/c1-3-29-23(27)21(24(28)30-4-2)20(22(25)26)18-14-16-12-8-9-13-17(16)19(18)15-10-6-5-7-11-15/h5-13,20-21H,3-4,14H2,1-2H3,(H,25,26). The van der Waals surface area contributed by atoms with Crippen LogP contribution in [0, 0.1) is 11.8 Å². The predicted molar refractivity (Wildman–Crippen MR) is 110 cm³/mol. The lowest BCUT2D eigenvalue weighted by atomic mass is 9.81. The molecule has 156 valence electrons. The van der Waals surface area contributed by atoms with Crippen LogP contribution in [0.3, 0.4) is 0 Å². The SMILES string of the molecule is CCOC(=O)C(C(=O)OCC)C(C(=O)O)C1=C(c2ccccc2)c2ccccc2C1. The van der Waals surface area contributed by atoms with Crippen LogP contribution < -0.4 is 0 Å². The third-order valence-electron chi connectivity index (χ3n) is 5.11. The normalized spacial score (nSPS) is 13.7. The van der Waals surface area contributed by atoms with E-state index in [2.05, 4.69) is 0 Å². The number of benzene rings is 2. The molecule has 0 aliphatic heterocycles. The summed E-state index contributed by atoms with van der Waals surface area (Å²) in [5, 5.41) is 10.1.